The third-order valence-corrected chi connectivity index (χ3v) is 5.18. The van der Waals surface area contributed by atoms with Crippen molar-refractivity contribution >= 4 is 34.3 Å². The minimum absolute atomic E-state index is 0.236. The molecule has 1 amide bonds. The highest BCUT2D eigenvalue weighted by Gasteiger charge is 2.25. The maximum Gasteiger partial charge on any atom is 0.341 e. The van der Waals surface area contributed by atoms with Gasteiger partial charge in [0, 0.05) is 16.5 Å². The second-order valence-corrected chi connectivity index (χ2v) is 7.42. The second-order valence-electron chi connectivity index (χ2n) is 6.20. The van der Waals surface area contributed by atoms with Gasteiger partial charge in [0.15, 0.2) is 0 Å². The van der Waals surface area contributed by atoms with Crippen molar-refractivity contribution in [1.29, 1.82) is 0 Å². The predicted molar refractivity (Wildman–Crippen MR) is 115 cm³/mol. The number of anilines is 1. The fraction of sp³-hybridized carbons (Fsp3) is 0.130. The maximum atomic E-state index is 13.0. The van der Waals surface area contributed by atoms with E-state index in [4.69, 9.17) is 4.74 Å². The van der Waals surface area contributed by atoms with E-state index in [2.05, 4.69) is 5.32 Å². The SMILES string of the molecule is CCOC(=O)c1c(NC(=O)C=Cc2ccc(F)cc2)sc(C)c1-c1ccccc1. The molecule has 0 fully saturated rings. The van der Waals surface area contributed by atoms with Crippen molar-refractivity contribution in [3.05, 3.63) is 82.5 Å². The Balaban J connectivity index is 1.91. The summed E-state index contributed by atoms with van der Waals surface area (Å²) in [5, 5.41) is 3.22. The summed E-state index contributed by atoms with van der Waals surface area (Å²) in [6.45, 7) is 3.88. The number of halogens is 1. The number of aryl methyl sites for hydroxylation is 1. The number of carbonyl (C=O) groups excluding carboxylic acids is 2. The molecule has 0 aliphatic heterocycles. The lowest BCUT2D eigenvalue weighted by Gasteiger charge is -2.08. The van der Waals surface area contributed by atoms with Gasteiger partial charge in [-0.15, -0.1) is 11.3 Å². The summed E-state index contributed by atoms with van der Waals surface area (Å²) in [7, 11) is 0. The zero-order valence-electron chi connectivity index (χ0n) is 16.1. The summed E-state index contributed by atoms with van der Waals surface area (Å²) in [6, 6.07) is 15.3. The maximum absolute atomic E-state index is 13.0. The number of carbonyl (C=O) groups is 2. The monoisotopic (exact) mass is 409 g/mol. The molecule has 0 aliphatic rings. The third-order valence-electron chi connectivity index (χ3n) is 4.16. The third kappa shape index (κ3) is 4.97. The van der Waals surface area contributed by atoms with Gasteiger partial charge in [0.1, 0.15) is 16.4 Å². The van der Waals surface area contributed by atoms with Crippen LogP contribution in [-0.2, 0) is 9.53 Å². The minimum atomic E-state index is -0.478. The van der Waals surface area contributed by atoms with Crippen molar-refractivity contribution in [2.75, 3.05) is 11.9 Å². The van der Waals surface area contributed by atoms with Crippen LogP contribution in [-0.4, -0.2) is 18.5 Å². The smallest absolute Gasteiger partial charge is 0.341 e. The van der Waals surface area contributed by atoms with E-state index in [1.165, 1.54) is 29.5 Å². The molecule has 6 heteroatoms. The van der Waals surface area contributed by atoms with E-state index < -0.39 is 5.97 Å². The first-order valence-corrected chi connectivity index (χ1v) is 9.91. The topological polar surface area (TPSA) is 55.4 Å². The van der Waals surface area contributed by atoms with Crippen LogP contribution >= 0.6 is 11.3 Å². The summed E-state index contributed by atoms with van der Waals surface area (Å²) in [4.78, 5) is 26.0. The Morgan fingerprint density at radius 2 is 1.79 bits per heavy atom. The van der Waals surface area contributed by atoms with Gasteiger partial charge < -0.3 is 10.1 Å². The van der Waals surface area contributed by atoms with Gasteiger partial charge in [-0.25, -0.2) is 9.18 Å². The molecule has 0 saturated heterocycles. The quantitative estimate of drug-likeness (QED) is 0.420. The van der Waals surface area contributed by atoms with Gasteiger partial charge in [0.05, 0.1) is 6.61 Å². The molecule has 0 unspecified atom stereocenters. The predicted octanol–water partition coefficient (Wildman–Crippen LogP) is 5.69. The van der Waals surface area contributed by atoms with E-state index in [9.17, 15) is 14.0 Å². The highest BCUT2D eigenvalue weighted by molar-refractivity contribution is 7.17. The van der Waals surface area contributed by atoms with Crippen molar-refractivity contribution in [1.82, 2.24) is 0 Å². The molecule has 3 aromatic rings. The van der Waals surface area contributed by atoms with Crippen LogP contribution in [0.3, 0.4) is 0 Å². The molecule has 0 bridgehead atoms. The summed E-state index contributed by atoms with van der Waals surface area (Å²) >= 11 is 1.33. The lowest BCUT2D eigenvalue weighted by atomic mass is 10.0. The van der Waals surface area contributed by atoms with Crippen molar-refractivity contribution in [2.45, 2.75) is 13.8 Å². The van der Waals surface area contributed by atoms with E-state index >= 15 is 0 Å². The Morgan fingerprint density at radius 3 is 2.45 bits per heavy atom. The van der Waals surface area contributed by atoms with Gasteiger partial charge in [0.2, 0.25) is 5.91 Å². The van der Waals surface area contributed by atoms with Gasteiger partial charge in [-0.05, 0) is 43.2 Å². The van der Waals surface area contributed by atoms with Gasteiger partial charge >= 0.3 is 5.97 Å². The van der Waals surface area contributed by atoms with Crippen LogP contribution in [0.25, 0.3) is 17.2 Å². The standard InChI is InChI=1S/C23H20FNO3S/c1-3-28-23(27)21-20(17-7-5-4-6-8-17)15(2)29-22(21)25-19(26)14-11-16-9-12-18(24)13-10-16/h4-14H,3H2,1-2H3,(H,25,26). The Kier molecular flexibility index (Phi) is 6.57. The van der Waals surface area contributed by atoms with E-state index in [1.54, 1.807) is 25.1 Å². The summed E-state index contributed by atoms with van der Waals surface area (Å²) < 4.78 is 18.2. The molecule has 0 spiro atoms. The summed E-state index contributed by atoms with van der Waals surface area (Å²) in [5.41, 5.74) is 2.68. The van der Waals surface area contributed by atoms with Crippen molar-refractivity contribution in [3.63, 3.8) is 0 Å². The molecule has 0 radical (unpaired) electrons. The van der Waals surface area contributed by atoms with Crippen LogP contribution in [0.5, 0.6) is 0 Å². The molecule has 4 nitrogen and oxygen atoms in total. The van der Waals surface area contributed by atoms with Gasteiger partial charge in [-0.2, -0.15) is 0 Å². The van der Waals surface area contributed by atoms with Crippen LogP contribution < -0.4 is 5.32 Å². The average molecular weight is 409 g/mol. The number of nitrogens with one attached hydrogen (secondary N) is 1. The first-order chi connectivity index (χ1) is 14.0. The van der Waals surface area contributed by atoms with Crippen LogP contribution in [0.1, 0.15) is 27.7 Å². The number of benzene rings is 2. The molecule has 29 heavy (non-hydrogen) atoms. The zero-order chi connectivity index (χ0) is 20.8. The highest BCUT2D eigenvalue weighted by Crippen LogP contribution is 2.40. The van der Waals surface area contributed by atoms with Gasteiger partial charge in [0.25, 0.3) is 0 Å². The minimum Gasteiger partial charge on any atom is -0.462 e. The molecule has 3 rings (SSSR count). The lowest BCUT2D eigenvalue weighted by Crippen LogP contribution is -2.12. The summed E-state index contributed by atoms with van der Waals surface area (Å²) in [5.74, 6) is -1.21. The first-order valence-electron chi connectivity index (χ1n) is 9.10. The molecule has 2 aromatic carbocycles. The van der Waals surface area contributed by atoms with Crippen LogP contribution in [0.2, 0.25) is 0 Å². The number of ether oxygens (including phenoxy) is 1. The normalized spacial score (nSPS) is 10.9. The van der Waals surface area contributed by atoms with Gasteiger partial charge in [-0.1, -0.05) is 42.5 Å². The first kappa shape index (κ1) is 20.5. The van der Waals surface area contributed by atoms with Crippen LogP contribution in [0, 0.1) is 12.7 Å². The molecule has 1 heterocycles. The molecular weight excluding hydrogens is 389 g/mol. The zero-order valence-corrected chi connectivity index (χ0v) is 16.9. The molecule has 0 saturated carbocycles. The molecule has 1 aromatic heterocycles. The van der Waals surface area contributed by atoms with Crippen molar-refractivity contribution < 1.29 is 18.7 Å². The van der Waals surface area contributed by atoms with Crippen molar-refractivity contribution in [3.8, 4) is 11.1 Å². The fourth-order valence-corrected chi connectivity index (χ4v) is 3.95. The number of amides is 1. The molecular formula is C23H20FNO3S. The van der Waals surface area contributed by atoms with E-state index in [-0.39, 0.29) is 18.3 Å². The largest absolute Gasteiger partial charge is 0.462 e. The number of esters is 1. The Morgan fingerprint density at radius 1 is 1.10 bits per heavy atom. The number of hydrogen-bond acceptors (Lipinski definition) is 4. The highest BCUT2D eigenvalue weighted by atomic mass is 32.1. The van der Waals surface area contributed by atoms with Crippen LogP contribution in [0.4, 0.5) is 9.39 Å². The van der Waals surface area contributed by atoms with Crippen molar-refractivity contribution in [2.24, 2.45) is 0 Å². The molecule has 0 atom stereocenters. The van der Waals surface area contributed by atoms with Gasteiger partial charge in [-0.3, -0.25) is 4.79 Å². The number of thiophene rings is 1. The Hall–Kier alpha value is -3.25. The van der Waals surface area contributed by atoms with E-state index in [0.29, 0.717) is 16.1 Å². The van der Waals surface area contributed by atoms with Crippen LogP contribution in [0.15, 0.2) is 60.7 Å². The Labute approximate surface area is 172 Å². The average Bonchev–Trinajstić information content (AvgIpc) is 3.04. The summed E-state index contributed by atoms with van der Waals surface area (Å²) in [6.07, 6.45) is 2.93. The molecule has 1 N–H and O–H groups in total. The Bertz CT molecular complexity index is 1040. The van der Waals surface area contributed by atoms with E-state index in [0.717, 1.165) is 16.0 Å². The second kappa shape index (κ2) is 9.30. The number of hydrogen-bond donors (Lipinski definition) is 1. The van der Waals surface area contributed by atoms with E-state index in [1.807, 2.05) is 37.3 Å². The lowest BCUT2D eigenvalue weighted by molar-refractivity contribution is -0.111. The molecule has 0 aliphatic carbocycles. The number of rotatable bonds is 6. The fourth-order valence-electron chi connectivity index (χ4n) is 2.88. The molecule has 148 valence electrons.